The van der Waals surface area contributed by atoms with Crippen molar-refractivity contribution in [2.24, 2.45) is 0 Å². The molecule has 2 unspecified atom stereocenters. The number of aliphatic hydroxyl groups is 1. The molecule has 4 nitrogen and oxygen atoms in total. The molecule has 0 aromatic carbocycles. The molecule has 1 aromatic rings. The van der Waals surface area contributed by atoms with E-state index < -0.39 is 0 Å². The smallest absolute Gasteiger partial charge is 0.211 e. The summed E-state index contributed by atoms with van der Waals surface area (Å²) in [6.45, 7) is 2.87. The van der Waals surface area contributed by atoms with E-state index in [4.69, 9.17) is 4.42 Å². The maximum atomic E-state index is 9.29. The highest BCUT2D eigenvalue weighted by molar-refractivity contribution is 5.02. The zero-order valence-corrected chi connectivity index (χ0v) is 10.0. The van der Waals surface area contributed by atoms with Gasteiger partial charge in [0.15, 0.2) is 0 Å². The first-order valence-electron chi connectivity index (χ1n) is 5.99. The SMILES string of the molecule is CC(O)Cc1coc(C2CCCCN2C)n1. The first-order chi connectivity index (χ1) is 7.66. The van der Waals surface area contributed by atoms with Crippen LogP contribution in [0, 0.1) is 0 Å². The predicted octanol–water partition coefficient (Wildman–Crippen LogP) is 1.75. The minimum Gasteiger partial charge on any atom is -0.447 e. The summed E-state index contributed by atoms with van der Waals surface area (Å²) in [5.41, 5.74) is 0.851. The van der Waals surface area contributed by atoms with Crippen LogP contribution in [0.15, 0.2) is 10.7 Å². The number of oxazole rings is 1. The zero-order valence-electron chi connectivity index (χ0n) is 10.0. The molecule has 1 fully saturated rings. The predicted molar refractivity (Wildman–Crippen MR) is 61.1 cm³/mol. The minimum absolute atomic E-state index is 0.316. The van der Waals surface area contributed by atoms with Crippen LogP contribution < -0.4 is 0 Å². The van der Waals surface area contributed by atoms with E-state index in [9.17, 15) is 5.11 Å². The third-order valence-corrected chi connectivity index (χ3v) is 3.13. The summed E-state index contributed by atoms with van der Waals surface area (Å²) in [6, 6.07) is 0.316. The van der Waals surface area contributed by atoms with Crippen molar-refractivity contribution in [3.05, 3.63) is 17.8 Å². The van der Waals surface area contributed by atoms with Crippen LogP contribution >= 0.6 is 0 Å². The van der Waals surface area contributed by atoms with Gasteiger partial charge in [0.25, 0.3) is 0 Å². The average molecular weight is 224 g/mol. The molecule has 0 saturated carbocycles. The Morgan fingerprint density at radius 2 is 2.44 bits per heavy atom. The molecular formula is C12H20N2O2. The van der Waals surface area contributed by atoms with Crippen LogP contribution in [0.1, 0.15) is 43.8 Å². The molecule has 2 rings (SSSR count). The molecule has 1 aliphatic rings. The summed E-state index contributed by atoms with van der Waals surface area (Å²) >= 11 is 0. The summed E-state index contributed by atoms with van der Waals surface area (Å²) < 4.78 is 5.51. The number of piperidine rings is 1. The Kier molecular flexibility index (Phi) is 3.61. The Balaban J connectivity index is 2.05. The van der Waals surface area contributed by atoms with Crippen LogP contribution in [0.3, 0.4) is 0 Å². The summed E-state index contributed by atoms with van der Waals surface area (Å²) in [5.74, 6) is 0.804. The Labute approximate surface area is 96.3 Å². The fraction of sp³-hybridized carbons (Fsp3) is 0.750. The van der Waals surface area contributed by atoms with Gasteiger partial charge in [0.1, 0.15) is 6.26 Å². The topological polar surface area (TPSA) is 49.5 Å². The van der Waals surface area contributed by atoms with Gasteiger partial charge in [-0.25, -0.2) is 4.98 Å². The zero-order chi connectivity index (χ0) is 11.5. The fourth-order valence-electron chi connectivity index (χ4n) is 2.26. The van der Waals surface area contributed by atoms with Gasteiger partial charge in [-0.2, -0.15) is 0 Å². The standard InChI is InChI=1S/C12H20N2O2/c1-9(15)7-10-8-16-12(13-10)11-5-3-4-6-14(11)2/h8-9,11,15H,3-7H2,1-2H3. The van der Waals surface area contributed by atoms with Crippen LogP contribution in [-0.2, 0) is 6.42 Å². The van der Waals surface area contributed by atoms with Crippen molar-refractivity contribution < 1.29 is 9.52 Å². The molecule has 0 amide bonds. The molecular weight excluding hydrogens is 204 g/mol. The van der Waals surface area contributed by atoms with Gasteiger partial charge in [-0.05, 0) is 33.4 Å². The number of likely N-dealkylation sites (tertiary alicyclic amines) is 1. The van der Waals surface area contributed by atoms with Crippen LogP contribution in [0.4, 0.5) is 0 Å². The van der Waals surface area contributed by atoms with Crippen molar-refractivity contribution >= 4 is 0 Å². The van der Waals surface area contributed by atoms with Gasteiger partial charge in [0.05, 0.1) is 17.8 Å². The highest BCUT2D eigenvalue weighted by Crippen LogP contribution is 2.28. The third kappa shape index (κ3) is 2.62. The van der Waals surface area contributed by atoms with E-state index in [2.05, 4.69) is 16.9 Å². The van der Waals surface area contributed by atoms with Crippen molar-refractivity contribution in [3.8, 4) is 0 Å². The quantitative estimate of drug-likeness (QED) is 0.850. The van der Waals surface area contributed by atoms with Crippen LogP contribution in [0.25, 0.3) is 0 Å². The lowest BCUT2D eigenvalue weighted by atomic mass is 10.0. The molecule has 0 spiro atoms. The van der Waals surface area contributed by atoms with E-state index in [1.165, 1.54) is 12.8 Å². The van der Waals surface area contributed by atoms with E-state index in [0.717, 1.165) is 24.6 Å². The van der Waals surface area contributed by atoms with E-state index in [1.807, 2.05) is 0 Å². The Morgan fingerprint density at radius 1 is 1.62 bits per heavy atom. The highest BCUT2D eigenvalue weighted by atomic mass is 16.3. The van der Waals surface area contributed by atoms with Gasteiger partial charge in [-0.15, -0.1) is 0 Å². The van der Waals surface area contributed by atoms with Crippen molar-refractivity contribution in [2.75, 3.05) is 13.6 Å². The summed E-state index contributed by atoms with van der Waals surface area (Å²) in [7, 11) is 2.11. The molecule has 1 saturated heterocycles. The van der Waals surface area contributed by atoms with Crippen LogP contribution in [0.2, 0.25) is 0 Å². The lowest BCUT2D eigenvalue weighted by Gasteiger charge is -2.29. The molecule has 2 heterocycles. The monoisotopic (exact) mass is 224 g/mol. The van der Waals surface area contributed by atoms with Crippen molar-refractivity contribution in [1.82, 2.24) is 9.88 Å². The number of rotatable bonds is 3. The Morgan fingerprint density at radius 3 is 3.12 bits per heavy atom. The van der Waals surface area contributed by atoms with Gasteiger partial charge >= 0.3 is 0 Å². The third-order valence-electron chi connectivity index (χ3n) is 3.13. The molecule has 1 aliphatic heterocycles. The molecule has 0 bridgehead atoms. The van der Waals surface area contributed by atoms with Crippen LogP contribution in [-0.4, -0.2) is 34.7 Å². The number of hydrogen-bond acceptors (Lipinski definition) is 4. The van der Waals surface area contributed by atoms with E-state index in [0.29, 0.717) is 12.5 Å². The summed E-state index contributed by atoms with van der Waals surface area (Å²) in [5, 5.41) is 9.29. The van der Waals surface area contributed by atoms with Crippen LogP contribution in [0.5, 0.6) is 0 Å². The Bertz CT molecular complexity index is 336. The molecule has 1 N–H and O–H groups in total. The number of nitrogens with zero attached hydrogens (tertiary/aromatic N) is 2. The highest BCUT2D eigenvalue weighted by Gasteiger charge is 2.24. The largest absolute Gasteiger partial charge is 0.447 e. The Hall–Kier alpha value is -0.870. The average Bonchev–Trinajstić information content (AvgIpc) is 2.66. The molecule has 0 radical (unpaired) electrons. The lowest BCUT2D eigenvalue weighted by Crippen LogP contribution is -2.29. The van der Waals surface area contributed by atoms with Crippen molar-refractivity contribution in [1.29, 1.82) is 0 Å². The second-order valence-electron chi connectivity index (χ2n) is 4.72. The van der Waals surface area contributed by atoms with Gasteiger partial charge < -0.3 is 9.52 Å². The van der Waals surface area contributed by atoms with Gasteiger partial charge in [-0.1, -0.05) is 6.42 Å². The maximum absolute atomic E-state index is 9.29. The molecule has 2 atom stereocenters. The molecule has 1 aromatic heterocycles. The number of hydrogen-bond donors (Lipinski definition) is 1. The van der Waals surface area contributed by atoms with Crippen molar-refractivity contribution in [3.63, 3.8) is 0 Å². The van der Waals surface area contributed by atoms with E-state index in [1.54, 1.807) is 13.2 Å². The summed E-state index contributed by atoms with van der Waals surface area (Å²) in [6.07, 6.45) is 5.49. The lowest BCUT2D eigenvalue weighted by molar-refractivity contribution is 0.159. The first-order valence-corrected chi connectivity index (χ1v) is 5.99. The van der Waals surface area contributed by atoms with E-state index >= 15 is 0 Å². The van der Waals surface area contributed by atoms with Gasteiger partial charge in [-0.3, -0.25) is 4.90 Å². The first kappa shape index (κ1) is 11.6. The second kappa shape index (κ2) is 4.97. The van der Waals surface area contributed by atoms with Gasteiger partial charge in [0.2, 0.25) is 5.89 Å². The number of aromatic nitrogens is 1. The molecule has 16 heavy (non-hydrogen) atoms. The number of aliphatic hydroxyl groups excluding tert-OH is 1. The summed E-state index contributed by atoms with van der Waals surface area (Å²) in [4.78, 5) is 6.75. The molecule has 4 heteroatoms. The van der Waals surface area contributed by atoms with Gasteiger partial charge in [0, 0.05) is 6.42 Å². The normalized spacial score (nSPS) is 24.6. The maximum Gasteiger partial charge on any atom is 0.211 e. The second-order valence-corrected chi connectivity index (χ2v) is 4.72. The van der Waals surface area contributed by atoms with Crippen molar-refractivity contribution in [2.45, 2.75) is 44.8 Å². The minimum atomic E-state index is -0.359. The molecule has 90 valence electrons. The van der Waals surface area contributed by atoms with E-state index in [-0.39, 0.29) is 6.10 Å². The fourth-order valence-corrected chi connectivity index (χ4v) is 2.26. The molecule has 0 aliphatic carbocycles.